The summed E-state index contributed by atoms with van der Waals surface area (Å²) < 4.78 is 12.7. The Morgan fingerprint density at radius 1 is 1.17 bits per heavy atom. The fourth-order valence-corrected chi connectivity index (χ4v) is 3.21. The van der Waals surface area contributed by atoms with Crippen molar-refractivity contribution in [3.05, 3.63) is 82.9 Å². The Labute approximate surface area is 174 Å². The number of benzene rings is 2. The molecule has 1 N–H and O–H groups in total. The van der Waals surface area contributed by atoms with Crippen LogP contribution in [0.5, 0.6) is 11.5 Å². The molecule has 0 bridgehead atoms. The van der Waals surface area contributed by atoms with Crippen molar-refractivity contribution in [1.82, 2.24) is 14.9 Å². The Morgan fingerprint density at radius 3 is 2.62 bits per heavy atom. The summed E-state index contributed by atoms with van der Waals surface area (Å²) in [6.07, 6.45) is 6.63. The van der Waals surface area contributed by atoms with E-state index >= 15 is 0 Å². The van der Waals surface area contributed by atoms with Crippen LogP contribution in [0.3, 0.4) is 0 Å². The zero-order valence-corrected chi connectivity index (χ0v) is 17.2. The van der Waals surface area contributed by atoms with Gasteiger partial charge in [-0.25, -0.2) is 4.98 Å². The second-order valence-corrected chi connectivity index (χ2v) is 6.74. The fourth-order valence-electron chi connectivity index (χ4n) is 3.03. The first-order valence-electron chi connectivity index (χ1n) is 8.95. The second-order valence-electron chi connectivity index (χ2n) is 6.30. The van der Waals surface area contributed by atoms with Crippen LogP contribution in [0, 0.1) is 0 Å². The smallest absolute Gasteiger partial charge is 0.244 e. The number of hydrogen-bond acceptors (Lipinski definition) is 4. The summed E-state index contributed by atoms with van der Waals surface area (Å²) in [4.78, 5) is 17.2. The molecule has 2 aromatic carbocycles. The minimum Gasteiger partial charge on any atom is -0.496 e. The lowest BCUT2D eigenvalue weighted by atomic mass is 10.0. The lowest BCUT2D eigenvalue weighted by Crippen LogP contribution is -2.30. The molecular formula is C22H22ClN3O3. The molecule has 0 fully saturated rings. The van der Waals surface area contributed by atoms with Gasteiger partial charge in [-0.3, -0.25) is 4.79 Å². The highest BCUT2D eigenvalue weighted by molar-refractivity contribution is 6.30. The molecular weight excluding hydrogens is 390 g/mol. The van der Waals surface area contributed by atoms with E-state index in [2.05, 4.69) is 10.3 Å². The molecule has 0 aliphatic rings. The van der Waals surface area contributed by atoms with Crippen molar-refractivity contribution in [1.29, 1.82) is 0 Å². The average molecular weight is 412 g/mol. The first-order chi connectivity index (χ1) is 14.0. The normalized spacial score (nSPS) is 12.0. The molecule has 6 nitrogen and oxygen atoms in total. The average Bonchev–Trinajstić information content (AvgIpc) is 3.16. The largest absolute Gasteiger partial charge is 0.496 e. The number of nitrogens with zero attached hydrogens (tertiary/aromatic N) is 2. The van der Waals surface area contributed by atoms with E-state index in [-0.39, 0.29) is 5.91 Å². The van der Waals surface area contributed by atoms with Crippen molar-refractivity contribution in [2.24, 2.45) is 7.05 Å². The highest BCUT2D eigenvalue weighted by Gasteiger charge is 2.23. The molecule has 1 heterocycles. The van der Waals surface area contributed by atoms with Crippen LogP contribution in [0.1, 0.15) is 23.0 Å². The number of amides is 1. The van der Waals surface area contributed by atoms with Crippen molar-refractivity contribution in [3.63, 3.8) is 0 Å². The van der Waals surface area contributed by atoms with Crippen molar-refractivity contribution in [2.75, 3.05) is 14.2 Å². The van der Waals surface area contributed by atoms with E-state index in [1.165, 1.54) is 6.08 Å². The van der Waals surface area contributed by atoms with E-state index < -0.39 is 6.04 Å². The van der Waals surface area contributed by atoms with E-state index in [1.807, 2.05) is 42.1 Å². The van der Waals surface area contributed by atoms with Gasteiger partial charge in [0.15, 0.2) is 0 Å². The maximum Gasteiger partial charge on any atom is 0.244 e. The van der Waals surface area contributed by atoms with Gasteiger partial charge in [-0.2, -0.15) is 0 Å². The highest BCUT2D eigenvalue weighted by Crippen LogP contribution is 2.29. The third-order valence-corrected chi connectivity index (χ3v) is 4.69. The monoisotopic (exact) mass is 411 g/mol. The van der Waals surface area contributed by atoms with Crippen molar-refractivity contribution in [2.45, 2.75) is 6.04 Å². The number of methoxy groups -OCH3 is 2. The van der Waals surface area contributed by atoms with Crippen LogP contribution < -0.4 is 14.8 Å². The lowest BCUT2D eigenvalue weighted by molar-refractivity contribution is -0.117. The maximum absolute atomic E-state index is 12.7. The quantitative estimate of drug-likeness (QED) is 0.596. The summed E-state index contributed by atoms with van der Waals surface area (Å²) >= 11 is 6.06. The van der Waals surface area contributed by atoms with Gasteiger partial charge in [0.25, 0.3) is 0 Å². The molecule has 0 radical (unpaired) electrons. The van der Waals surface area contributed by atoms with Gasteiger partial charge >= 0.3 is 0 Å². The standard InChI is InChI=1S/C22H22ClN3O3/c1-26-13-12-24-22(26)21(17-6-4-5-7-19(17)29-3)25-20(27)11-8-15-14-16(23)9-10-18(15)28-2/h4-14,21H,1-3H3,(H,25,27). The van der Waals surface area contributed by atoms with Crippen LogP contribution in [0.25, 0.3) is 6.08 Å². The predicted octanol–water partition coefficient (Wildman–Crippen LogP) is 4.01. The number of rotatable bonds is 7. The summed E-state index contributed by atoms with van der Waals surface area (Å²) in [5, 5.41) is 3.57. The van der Waals surface area contributed by atoms with Crippen LogP contribution >= 0.6 is 11.6 Å². The van der Waals surface area contributed by atoms with Gasteiger partial charge in [0, 0.05) is 41.7 Å². The molecule has 7 heteroatoms. The number of nitrogens with one attached hydrogen (secondary N) is 1. The Morgan fingerprint density at radius 2 is 1.93 bits per heavy atom. The summed E-state index contributed by atoms with van der Waals surface area (Å²) in [5.41, 5.74) is 1.52. The van der Waals surface area contributed by atoms with E-state index in [1.54, 1.807) is 44.7 Å². The van der Waals surface area contributed by atoms with E-state index in [0.29, 0.717) is 27.9 Å². The third kappa shape index (κ3) is 4.78. The van der Waals surface area contributed by atoms with Crippen LogP contribution in [0.15, 0.2) is 60.9 Å². The molecule has 0 saturated heterocycles. The fraction of sp³-hybridized carbons (Fsp3) is 0.182. The molecule has 0 aliphatic carbocycles. The number of imidazole rings is 1. The van der Waals surface area contributed by atoms with E-state index in [9.17, 15) is 4.79 Å². The van der Waals surface area contributed by atoms with Crippen LogP contribution in [-0.4, -0.2) is 29.7 Å². The van der Waals surface area contributed by atoms with Gasteiger partial charge in [-0.05, 0) is 30.3 Å². The zero-order chi connectivity index (χ0) is 20.8. The van der Waals surface area contributed by atoms with Crippen LogP contribution in [-0.2, 0) is 11.8 Å². The topological polar surface area (TPSA) is 65.4 Å². The molecule has 3 rings (SSSR count). The maximum atomic E-state index is 12.7. The number of ether oxygens (including phenoxy) is 2. The Kier molecular flexibility index (Phi) is 6.57. The summed E-state index contributed by atoms with van der Waals surface area (Å²) in [7, 11) is 5.05. The van der Waals surface area contributed by atoms with Gasteiger partial charge in [0.1, 0.15) is 23.4 Å². The number of aryl methyl sites for hydroxylation is 1. The lowest BCUT2D eigenvalue weighted by Gasteiger charge is -2.20. The Bertz CT molecular complexity index is 1030. The molecule has 1 aromatic heterocycles. The molecule has 1 amide bonds. The molecule has 0 spiro atoms. The predicted molar refractivity (Wildman–Crippen MR) is 113 cm³/mol. The molecule has 150 valence electrons. The summed E-state index contributed by atoms with van der Waals surface area (Å²) in [6, 6.07) is 12.3. The number of carbonyl (C=O) groups excluding carboxylic acids is 1. The number of halogens is 1. The van der Waals surface area contributed by atoms with E-state index in [4.69, 9.17) is 21.1 Å². The number of para-hydroxylation sites is 1. The Balaban J connectivity index is 1.90. The molecule has 0 aliphatic heterocycles. The van der Waals surface area contributed by atoms with Gasteiger partial charge in [-0.1, -0.05) is 29.8 Å². The van der Waals surface area contributed by atoms with Gasteiger partial charge < -0.3 is 19.4 Å². The minimum absolute atomic E-state index is 0.286. The highest BCUT2D eigenvalue weighted by atomic mass is 35.5. The van der Waals surface area contributed by atoms with Gasteiger partial charge in [-0.15, -0.1) is 0 Å². The SMILES string of the molecule is COc1ccc(Cl)cc1C=CC(=O)NC(c1ccccc1OC)c1nccn1C. The number of aromatic nitrogens is 2. The Hall–Kier alpha value is -3.25. The summed E-state index contributed by atoms with van der Waals surface area (Å²) in [6.45, 7) is 0. The van der Waals surface area contributed by atoms with E-state index in [0.717, 1.165) is 5.56 Å². The molecule has 29 heavy (non-hydrogen) atoms. The van der Waals surface area contributed by atoms with Gasteiger partial charge in [0.2, 0.25) is 5.91 Å². The van der Waals surface area contributed by atoms with Crippen molar-refractivity contribution < 1.29 is 14.3 Å². The first kappa shape index (κ1) is 20.5. The molecule has 0 saturated carbocycles. The number of hydrogen-bond donors (Lipinski definition) is 1. The van der Waals surface area contributed by atoms with Crippen molar-refractivity contribution >= 4 is 23.6 Å². The molecule has 1 atom stereocenters. The summed E-state index contributed by atoms with van der Waals surface area (Å²) in [5.74, 6) is 1.70. The number of carbonyl (C=O) groups is 1. The van der Waals surface area contributed by atoms with Gasteiger partial charge in [0.05, 0.1) is 14.2 Å². The first-order valence-corrected chi connectivity index (χ1v) is 9.33. The third-order valence-electron chi connectivity index (χ3n) is 4.46. The zero-order valence-electron chi connectivity index (χ0n) is 16.4. The molecule has 3 aromatic rings. The molecule has 1 unspecified atom stereocenters. The van der Waals surface area contributed by atoms with Crippen LogP contribution in [0.4, 0.5) is 0 Å². The van der Waals surface area contributed by atoms with Crippen molar-refractivity contribution in [3.8, 4) is 11.5 Å². The van der Waals surface area contributed by atoms with Crippen LogP contribution in [0.2, 0.25) is 5.02 Å². The minimum atomic E-state index is -0.482. The second kappa shape index (κ2) is 9.30.